The van der Waals surface area contributed by atoms with Gasteiger partial charge in [0, 0.05) is 11.8 Å². The van der Waals surface area contributed by atoms with E-state index in [1.165, 1.54) is 12.1 Å². The summed E-state index contributed by atoms with van der Waals surface area (Å²) in [6, 6.07) is 4.24. The highest BCUT2D eigenvalue weighted by atomic mass is 19.4. The van der Waals surface area contributed by atoms with Gasteiger partial charge in [-0.05, 0) is 30.5 Å². The molecule has 0 aromatic heterocycles. The van der Waals surface area contributed by atoms with E-state index in [0.717, 1.165) is 11.1 Å². The van der Waals surface area contributed by atoms with Gasteiger partial charge in [0.15, 0.2) is 11.6 Å². The smallest absolute Gasteiger partial charge is 0.417 e. The van der Waals surface area contributed by atoms with Crippen LogP contribution < -0.4 is 0 Å². The number of aliphatic hydroxyl groups is 1. The summed E-state index contributed by atoms with van der Waals surface area (Å²) >= 11 is 0. The highest BCUT2D eigenvalue weighted by Crippen LogP contribution is 2.49. The fourth-order valence-electron chi connectivity index (χ4n) is 4.06. The Morgan fingerprint density at radius 1 is 1.33 bits per heavy atom. The minimum absolute atomic E-state index is 0.0218. The van der Waals surface area contributed by atoms with Crippen LogP contribution >= 0.6 is 0 Å². The molecule has 11 heteroatoms. The molecular weight excluding hydrogens is 416 g/mol. The summed E-state index contributed by atoms with van der Waals surface area (Å²) in [5, 5.41) is 19.3. The molecular formula is C19H13F6N3O2. The van der Waals surface area contributed by atoms with Gasteiger partial charge >= 0.3 is 12.8 Å². The summed E-state index contributed by atoms with van der Waals surface area (Å²) in [6.45, 7) is -3.57. The number of halogens is 6. The third-order valence-electron chi connectivity index (χ3n) is 5.34. The maximum Gasteiger partial charge on any atom is 0.417 e. The van der Waals surface area contributed by atoms with Crippen molar-refractivity contribution in [3.63, 3.8) is 0 Å². The van der Waals surface area contributed by atoms with Gasteiger partial charge in [0.2, 0.25) is 0 Å². The molecule has 0 fully saturated rings. The van der Waals surface area contributed by atoms with Gasteiger partial charge in [-0.15, -0.1) is 0 Å². The zero-order valence-electron chi connectivity index (χ0n) is 15.1. The van der Waals surface area contributed by atoms with Gasteiger partial charge in [0.25, 0.3) is 0 Å². The van der Waals surface area contributed by atoms with Crippen LogP contribution in [0.15, 0.2) is 40.7 Å². The van der Waals surface area contributed by atoms with Gasteiger partial charge in [-0.1, -0.05) is 6.07 Å². The number of fused-ring (bicyclic) bond motifs is 3. The van der Waals surface area contributed by atoms with Crippen molar-refractivity contribution in [2.75, 3.05) is 6.54 Å². The van der Waals surface area contributed by atoms with E-state index in [1.54, 1.807) is 6.07 Å². The fourth-order valence-corrected chi connectivity index (χ4v) is 4.06. The molecule has 1 aromatic carbocycles. The number of aliphatic hydroxyl groups excluding tert-OH is 1. The van der Waals surface area contributed by atoms with Crippen molar-refractivity contribution >= 4 is 5.84 Å². The van der Waals surface area contributed by atoms with E-state index >= 15 is 0 Å². The van der Waals surface area contributed by atoms with Gasteiger partial charge in [0.1, 0.15) is 17.4 Å². The second kappa shape index (κ2) is 6.77. The van der Waals surface area contributed by atoms with Gasteiger partial charge < -0.3 is 14.7 Å². The van der Waals surface area contributed by atoms with E-state index in [4.69, 9.17) is 5.26 Å². The number of allylic oxidation sites excluding steroid dienone is 2. The number of alkyl halides is 5. The molecule has 1 N–H and O–H groups in total. The highest BCUT2D eigenvalue weighted by Gasteiger charge is 2.49. The number of nitrogens with zero attached hydrogens (tertiary/aromatic N) is 3. The average molecular weight is 429 g/mol. The Labute approximate surface area is 166 Å². The van der Waals surface area contributed by atoms with Crippen molar-refractivity contribution in [2.24, 2.45) is 4.99 Å². The van der Waals surface area contributed by atoms with Crippen molar-refractivity contribution in [3.8, 4) is 6.07 Å². The van der Waals surface area contributed by atoms with Gasteiger partial charge in [0.05, 0.1) is 23.8 Å². The topological polar surface area (TPSA) is 68.8 Å². The molecule has 0 saturated heterocycles. The molecule has 1 aromatic rings. The van der Waals surface area contributed by atoms with E-state index in [0.29, 0.717) is 6.08 Å². The predicted octanol–water partition coefficient (Wildman–Crippen LogP) is 4.02. The van der Waals surface area contributed by atoms with E-state index in [2.05, 4.69) is 9.73 Å². The first-order valence-electron chi connectivity index (χ1n) is 8.79. The maximum absolute atomic E-state index is 14.7. The Bertz CT molecular complexity index is 1040. The molecule has 1 spiro atoms. The largest absolute Gasteiger partial charge is 0.431 e. The summed E-state index contributed by atoms with van der Waals surface area (Å²) in [5.41, 5.74) is -2.76. The lowest BCUT2D eigenvalue weighted by molar-refractivity contribution is -0.0981. The number of rotatable bonds is 2. The van der Waals surface area contributed by atoms with Crippen molar-refractivity contribution in [1.29, 1.82) is 5.26 Å². The van der Waals surface area contributed by atoms with Crippen molar-refractivity contribution in [3.05, 3.63) is 58.2 Å². The zero-order chi connectivity index (χ0) is 21.8. The molecule has 1 aliphatic carbocycles. The first-order valence-corrected chi connectivity index (χ1v) is 8.79. The van der Waals surface area contributed by atoms with E-state index < -0.39 is 41.6 Å². The second-order valence-electron chi connectivity index (χ2n) is 7.12. The number of benzene rings is 1. The molecule has 30 heavy (non-hydrogen) atoms. The minimum Gasteiger partial charge on any atom is -0.431 e. The average Bonchev–Trinajstić information content (AvgIpc) is 3.03. The lowest BCUT2D eigenvalue weighted by Gasteiger charge is -2.36. The number of hydrogen-bond donors (Lipinski definition) is 1. The zero-order valence-corrected chi connectivity index (χ0v) is 15.1. The normalized spacial score (nSPS) is 25.4. The molecule has 0 amide bonds. The molecule has 4 rings (SSSR count). The molecule has 5 nitrogen and oxygen atoms in total. The highest BCUT2D eigenvalue weighted by molar-refractivity contribution is 6.00. The molecule has 2 aliphatic heterocycles. The molecule has 3 aliphatic rings. The lowest BCUT2D eigenvalue weighted by atomic mass is 9.75. The third kappa shape index (κ3) is 3.11. The second-order valence-corrected chi connectivity index (χ2v) is 7.12. The van der Waals surface area contributed by atoms with Crippen LogP contribution in [0.4, 0.5) is 26.3 Å². The first kappa shape index (κ1) is 20.3. The summed E-state index contributed by atoms with van der Waals surface area (Å²) in [5.74, 6) is -1.92. The Hall–Kier alpha value is -3.00. The fraction of sp³-hybridized carbons (Fsp3) is 0.368. The van der Waals surface area contributed by atoms with Crippen LogP contribution in [0.25, 0.3) is 0 Å². The van der Waals surface area contributed by atoms with Gasteiger partial charge in [-0.3, -0.25) is 4.99 Å². The summed E-state index contributed by atoms with van der Waals surface area (Å²) in [4.78, 5) is 5.41. The molecule has 0 unspecified atom stereocenters. The minimum atomic E-state index is -4.81. The standard InChI is InChI=1S/C19H13F6N3O2/c20-15-9(6-26)1-2-11-14(15)12(29)3-4-18(11)8-28-7-10(19(23,24)25)5-13(16(28)27-18)30-17(21)22/h1-2,5,7,12,17,29H,3-4,8H2/t12-,18-/m1/s1. The SMILES string of the molecule is N#Cc1ccc2c(c1F)[C@H](O)CC[C@@]21CN2C=C(C(F)(F)F)C=C(OC(F)F)C2=N1. The van der Waals surface area contributed by atoms with Crippen molar-refractivity contribution in [1.82, 2.24) is 4.90 Å². The van der Waals surface area contributed by atoms with Gasteiger partial charge in [-0.2, -0.15) is 27.2 Å². The van der Waals surface area contributed by atoms with Crippen LogP contribution in [0.2, 0.25) is 0 Å². The number of ether oxygens (including phenoxy) is 1. The first-order chi connectivity index (χ1) is 14.1. The van der Waals surface area contributed by atoms with Crippen LogP contribution in [0, 0.1) is 17.1 Å². The molecule has 2 heterocycles. The Balaban J connectivity index is 1.85. The van der Waals surface area contributed by atoms with Crippen LogP contribution in [0.1, 0.15) is 35.6 Å². The molecule has 158 valence electrons. The third-order valence-corrected chi connectivity index (χ3v) is 5.34. The van der Waals surface area contributed by atoms with Crippen LogP contribution in [-0.4, -0.2) is 35.2 Å². The van der Waals surface area contributed by atoms with Crippen LogP contribution in [0.5, 0.6) is 0 Å². The Morgan fingerprint density at radius 2 is 2.07 bits per heavy atom. The summed E-state index contributed by atoms with van der Waals surface area (Å²) in [7, 11) is 0. The Kier molecular flexibility index (Phi) is 4.58. The number of amidine groups is 1. The van der Waals surface area contributed by atoms with Crippen LogP contribution in [-0.2, 0) is 10.3 Å². The van der Waals surface area contributed by atoms with E-state index in [1.807, 2.05) is 0 Å². The van der Waals surface area contributed by atoms with Crippen molar-refractivity contribution < 1.29 is 36.2 Å². The molecule has 0 saturated carbocycles. The van der Waals surface area contributed by atoms with Crippen LogP contribution in [0.3, 0.4) is 0 Å². The number of nitriles is 1. The molecule has 0 bridgehead atoms. The van der Waals surface area contributed by atoms with Gasteiger partial charge in [-0.25, -0.2) is 4.39 Å². The monoisotopic (exact) mass is 429 g/mol. The van der Waals surface area contributed by atoms with Crippen molar-refractivity contribution in [2.45, 2.75) is 37.3 Å². The van der Waals surface area contributed by atoms with E-state index in [-0.39, 0.29) is 41.9 Å². The Morgan fingerprint density at radius 3 is 2.70 bits per heavy atom. The molecule has 2 atom stereocenters. The maximum atomic E-state index is 14.7. The summed E-state index contributed by atoms with van der Waals surface area (Å²) in [6.07, 6.45) is -4.72. The summed E-state index contributed by atoms with van der Waals surface area (Å²) < 4.78 is 84.3. The van der Waals surface area contributed by atoms with E-state index in [9.17, 15) is 31.4 Å². The number of hydrogen-bond acceptors (Lipinski definition) is 5. The lowest BCUT2D eigenvalue weighted by Crippen LogP contribution is -2.37. The molecule has 0 radical (unpaired) electrons. The predicted molar refractivity (Wildman–Crippen MR) is 90.4 cm³/mol. The quantitative estimate of drug-likeness (QED) is 0.722. The number of aliphatic imine (C=N–C) groups is 1.